The van der Waals surface area contributed by atoms with Gasteiger partial charge in [0.25, 0.3) is 0 Å². The number of carboxylic acid groups (broad SMARTS) is 1. The number of rotatable bonds is 43. The zero-order valence-electron chi connectivity index (χ0n) is 38.6. The van der Waals surface area contributed by atoms with E-state index in [0.29, 0.717) is 23.9 Å². The van der Waals surface area contributed by atoms with Gasteiger partial charge < -0.3 is 33.3 Å². The van der Waals surface area contributed by atoms with Crippen molar-refractivity contribution in [3.63, 3.8) is 0 Å². The van der Waals surface area contributed by atoms with Crippen molar-refractivity contribution < 1.29 is 42.9 Å². The number of quaternary nitrogens is 1. The van der Waals surface area contributed by atoms with Gasteiger partial charge in [-0.2, -0.15) is 0 Å². The van der Waals surface area contributed by atoms with Crippen LogP contribution in [-0.2, 0) is 33.3 Å². The van der Waals surface area contributed by atoms with E-state index >= 15 is 0 Å². The lowest BCUT2D eigenvalue weighted by Gasteiger charge is -2.26. The molecule has 0 saturated carbocycles. The Labute approximate surface area is 362 Å². The number of nitrogens with zero attached hydrogens (tertiary/aromatic N) is 1. The number of unbranched alkanes of at least 4 members (excludes halogenated alkanes) is 20. The molecule has 0 aromatic carbocycles. The fraction of sp³-hybridized carbons (Fsp3) is 0.780. The van der Waals surface area contributed by atoms with Crippen molar-refractivity contribution >= 4 is 17.9 Å². The van der Waals surface area contributed by atoms with Crippen LogP contribution in [-0.4, -0.2) is 82.3 Å². The van der Waals surface area contributed by atoms with E-state index in [1.54, 1.807) is 0 Å². The number of allylic oxidation sites excluding steroid dienone is 8. The maximum Gasteiger partial charge on any atom is 0.306 e. The highest BCUT2D eigenvalue weighted by Gasteiger charge is 2.21. The van der Waals surface area contributed by atoms with Crippen LogP contribution in [0.5, 0.6) is 0 Å². The minimum absolute atomic E-state index is 0.148. The lowest BCUT2D eigenvalue weighted by Crippen LogP contribution is -2.44. The molecule has 0 amide bonds. The monoisotopic (exact) mass is 832 g/mol. The van der Waals surface area contributed by atoms with Crippen LogP contribution in [0, 0.1) is 0 Å². The number of carbonyl (C=O) groups is 3. The highest BCUT2D eigenvalue weighted by Crippen LogP contribution is 2.15. The van der Waals surface area contributed by atoms with Gasteiger partial charge in [0.15, 0.2) is 12.4 Å². The van der Waals surface area contributed by atoms with E-state index in [0.717, 1.165) is 64.2 Å². The molecule has 2 atom stereocenters. The van der Waals surface area contributed by atoms with Crippen LogP contribution < -0.4 is 5.11 Å². The van der Waals surface area contributed by atoms with E-state index in [1.165, 1.54) is 96.3 Å². The van der Waals surface area contributed by atoms with Crippen molar-refractivity contribution in [1.29, 1.82) is 0 Å². The van der Waals surface area contributed by atoms with Gasteiger partial charge in [0.05, 0.1) is 40.3 Å². The van der Waals surface area contributed by atoms with Crippen LogP contribution in [0.15, 0.2) is 48.6 Å². The number of carboxylic acids is 1. The van der Waals surface area contributed by atoms with Gasteiger partial charge in [0.2, 0.25) is 0 Å². The van der Waals surface area contributed by atoms with Crippen LogP contribution in [0.25, 0.3) is 0 Å². The second kappa shape index (κ2) is 42.0. The summed E-state index contributed by atoms with van der Waals surface area (Å²) in [6.07, 6.45) is 46.0. The Kier molecular flexibility index (Phi) is 40.0. The van der Waals surface area contributed by atoms with E-state index in [-0.39, 0.29) is 32.2 Å². The SMILES string of the molecule is CC/C=C\C/C=C\C/C=C\C/C=C\CCCCCCCCCCCCCCCCC(=O)OC(COC(=O)CCCCCCCCC)COC(OCC[N+](C)(C)C)C(=O)[O-]. The third-order valence-corrected chi connectivity index (χ3v) is 10.1. The Morgan fingerprint density at radius 3 is 1.44 bits per heavy atom. The lowest BCUT2D eigenvalue weighted by atomic mass is 10.0. The standard InChI is InChI=1S/C50H89NO8/c1-6-8-10-12-14-15-16-17-18-19-20-21-22-23-24-25-26-27-28-29-30-31-32-33-35-37-39-41-48(53)59-46(44-57-47(52)40-38-36-34-13-11-9-7-2)45-58-50(49(54)55)56-43-42-51(3,4)5/h8,10,14-15,17-18,20-21,46,50H,6-7,9,11-13,16,19,22-45H2,1-5H3/b10-8-,15-14-,18-17-,21-20-. The third-order valence-electron chi connectivity index (χ3n) is 10.1. The van der Waals surface area contributed by atoms with Crippen LogP contribution in [0.1, 0.15) is 194 Å². The van der Waals surface area contributed by atoms with E-state index in [9.17, 15) is 19.5 Å². The summed E-state index contributed by atoms with van der Waals surface area (Å²) in [5.74, 6) is -2.29. The van der Waals surface area contributed by atoms with Crippen LogP contribution in [0.4, 0.5) is 0 Å². The smallest absolute Gasteiger partial charge is 0.306 e. The number of aliphatic carboxylic acids is 1. The summed E-state index contributed by atoms with van der Waals surface area (Å²) in [5, 5.41) is 11.7. The Balaban J connectivity index is 4.13. The molecule has 0 radical (unpaired) electrons. The van der Waals surface area contributed by atoms with Gasteiger partial charge in [0.1, 0.15) is 13.2 Å². The molecular formula is C50H89NO8. The molecule has 0 spiro atoms. The van der Waals surface area contributed by atoms with Crippen LogP contribution >= 0.6 is 0 Å². The molecule has 9 nitrogen and oxygen atoms in total. The Bertz CT molecular complexity index is 1110. The number of hydrogen-bond donors (Lipinski definition) is 0. The Hall–Kier alpha value is -2.75. The molecule has 0 N–H and O–H groups in total. The zero-order chi connectivity index (χ0) is 43.5. The van der Waals surface area contributed by atoms with Gasteiger partial charge in [-0.3, -0.25) is 9.59 Å². The fourth-order valence-corrected chi connectivity index (χ4v) is 6.41. The maximum absolute atomic E-state index is 12.7. The molecule has 0 saturated heterocycles. The number of hydrogen-bond acceptors (Lipinski definition) is 8. The van der Waals surface area contributed by atoms with Gasteiger partial charge in [-0.25, -0.2) is 0 Å². The molecular weight excluding hydrogens is 743 g/mol. The summed E-state index contributed by atoms with van der Waals surface area (Å²) in [6, 6.07) is 0. The number of carbonyl (C=O) groups excluding carboxylic acids is 3. The number of likely N-dealkylation sites (N-methyl/N-ethyl adjacent to an activating group) is 1. The average molecular weight is 832 g/mol. The number of esters is 2. The van der Waals surface area contributed by atoms with E-state index < -0.39 is 24.3 Å². The molecule has 9 heteroatoms. The molecule has 0 rings (SSSR count). The highest BCUT2D eigenvalue weighted by atomic mass is 16.7. The first kappa shape index (κ1) is 56.2. The molecule has 0 aliphatic carbocycles. The summed E-state index contributed by atoms with van der Waals surface area (Å²) in [6.45, 7) is 4.58. The Morgan fingerprint density at radius 1 is 0.525 bits per heavy atom. The molecule has 0 heterocycles. The molecule has 342 valence electrons. The molecule has 0 fully saturated rings. The van der Waals surface area contributed by atoms with Crippen molar-refractivity contribution in [2.24, 2.45) is 0 Å². The predicted octanol–water partition coefficient (Wildman–Crippen LogP) is 11.4. The van der Waals surface area contributed by atoms with Crippen molar-refractivity contribution in [2.75, 3.05) is 47.5 Å². The molecule has 0 aromatic heterocycles. The summed E-state index contributed by atoms with van der Waals surface area (Å²) in [4.78, 5) is 36.8. The van der Waals surface area contributed by atoms with Crippen LogP contribution in [0.2, 0.25) is 0 Å². The first-order valence-electron chi connectivity index (χ1n) is 23.8. The normalized spacial score (nSPS) is 13.3. The van der Waals surface area contributed by atoms with E-state index in [2.05, 4.69) is 62.5 Å². The van der Waals surface area contributed by atoms with Crippen molar-refractivity contribution in [3.8, 4) is 0 Å². The second-order valence-electron chi connectivity index (χ2n) is 17.0. The lowest BCUT2D eigenvalue weighted by molar-refractivity contribution is -0.870. The summed E-state index contributed by atoms with van der Waals surface area (Å²) in [5.41, 5.74) is 0. The molecule has 0 aliphatic rings. The maximum atomic E-state index is 12.7. The molecule has 2 unspecified atom stereocenters. The topological polar surface area (TPSA) is 111 Å². The fourth-order valence-electron chi connectivity index (χ4n) is 6.41. The molecule has 0 bridgehead atoms. The summed E-state index contributed by atoms with van der Waals surface area (Å²) < 4.78 is 22.5. The predicted molar refractivity (Wildman–Crippen MR) is 242 cm³/mol. The minimum atomic E-state index is -1.62. The van der Waals surface area contributed by atoms with Gasteiger partial charge in [-0.1, -0.05) is 178 Å². The second-order valence-corrected chi connectivity index (χ2v) is 17.0. The molecule has 0 aromatic rings. The van der Waals surface area contributed by atoms with Gasteiger partial charge in [-0.05, 0) is 51.4 Å². The van der Waals surface area contributed by atoms with Gasteiger partial charge in [0, 0.05) is 12.8 Å². The Morgan fingerprint density at radius 2 is 0.966 bits per heavy atom. The molecule has 0 aliphatic heterocycles. The van der Waals surface area contributed by atoms with Crippen molar-refractivity contribution in [3.05, 3.63) is 48.6 Å². The largest absolute Gasteiger partial charge is 0.545 e. The first-order valence-corrected chi connectivity index (χ1v) is 23.8. The summed E-state index contributed by atoms with van der Waals surface area (Å²) in [7, 11) is 5.90. The zero-order valence-corrected chi connectivity index (χ0v) is 38.6. The van der Waals surface area contributed by atoms with Crippen LogP contribution in [0.3, 0.4) is 0 Å². The van der Waals surface area contributed by atoms with E-state index in [1.807, 2.05) is 21.1 Å². The quantitative estimate of drug-likeness (QED) is 0.0196. The van der Waals surface area contributed by atoms with Gasteiger partial charge >= 0.3 is 11.9 Å². The van der Waals surface area contributed by atoms with Crippen molar-refractivity contribution in [1.82, 2.24) is 0 Å². The molecule has 59 heavy (non-hydrogen) atoms. The van der Waals surface area contributed by atoms with E-state index in [4.69, 9.17) is 18.9 Å². The number of ether oxygens (including phenoxy) is 4. The summed E-state index contributed by atoms with van der Waals surface area (Å²) >= 11 is 0. The van der Waals surface area contributed by atoms with Crippen molar-refractivity contribution in [2.45, 2.75) is 206 Å². The highest BCUT2D eigenvalue weighted by molar-refractivity contribution is 5.70. The third kappa shape index (κ3) is 43.2. The van der Waals surface area contributed by atoms with Gasteiger partial charge in [-0.15, -0.1) is 0 Å². The first-order chi connectivity index (χ1) is 28.6. The average Bonchev–Trinajstić information content (AvgIpc) is 3.19. The minimum Gasteiger partial charge on any atom is -0.545 e.